The number of aromatic amines is 4. The molecule has 17 aromatic rings. The van der Waals surface area contributed by atoms with E-state index in [9.17, 15) is 28.8 Å². The van der Waals surface area contributed by atoms with Crippen molar-refractivity contribution in [2.45, 2.75) is 176 Å². The number of pyridine rings is 4. The zero-order valence-electron chi connectivity index (χ0n) is 82.6. The Labute approximate surface area is 854 Å². The van der Waals surface area contributed by atoms with E-state index in [1.54, 1.807) is 24.3 Å². The van der Waals surface area contributed by atoms with Crippen molar-refractivity contribution in [2.75, 3.05) is 0 Å². The van der Waals surface area contributed by atoms with E-state index in [-0.39, 0.29) is 36.1 Å². The molecule has 19 heteroatoms. The summed E-state index contributed by atoms with van der Waals surface area (Å²) < 4.78 is 9.49. The van der Waals surface area contributed by atoms with E-state index in [2.05, 4.69) is 184 Å². The predicted molar refractivity (Wildman–Crippen MR) is 604 cm³/mol. The molecular formula is C120H130BBr3N7O7S. The van der Waals surface area contributed by atoms with Gasteiger partial charge in [0.1, 0.15) is 0 Å². The Kier molecular flexibility index (Phi) is 54.1. The van der Waals surface area contributed by atoms with Crippen molar-refractivity contribution in [1.29, 1.82) is 10.5 Å². The number of halogens is 3. The molecule has 14 nitrogen and oxygen atoms in total. The second kappa shape index (κ2) is 63.8. The Morgan fingerprint density at radius 3 is 0.763 bits per heavy atom. The van der Waals surface area contributed by atoms with Gasteiger partial charge in [-0.05, 0) is 169 Å². The van der Waals surface area contributed by atoms with Gasteiger partial charge in [0.25, 0.3) is 22.2 Å². The average molecular weight is 2060 g/mol. The molecule has 5 heterocycles. The molecule has 5 aliphatic rings. The fourth-order valence-corrected chi connectivity index (χ4v) is 16.3. The number of aryl methyl sites for hydroxylation is 3. The van der Waals surface area contributed by atoms with E-state index in [4.69, 9.17) is 10.5 Å². The molecule has 4 N–H and O–H groups in total. The summed E-state index contributed by atoms with van der Waals surface area (Å²) in [4.78, 5) is 82.3. The number of aromatic nitrogens is 4. The third kappa shape index (κ3) is 31.5. The average Bonchev–Trinajstić information content (AvgIpc) is 1.63. The number of carbonyl (C=O) groups is 2. The number of cyclic esters (lactones) is 2. The van der Waals surface area contributed by atoms with Crippen molar-refractivity contribution in [3.8, 4) is 57.2 Å². The molecule has 717 valence electrons. The molecule has 22 rings (SSSR count). The van der Waals surface area contributed by atoms with E-state index in [0.717, 1.165) is 147 Å². The van der Waals surface area contributed by atoms with Gasteiger partial charge >= 0.3 is 36.7 Å². The standard InChI is InChI=1S/4C16H11NO.C9H6O3.C8H6BrN.C8H7N.2C7H7Br.8C2H6.CH4.BHNS/c4*18-16-13-8-4-3-7-12(13)14-9-10-5-1-2-6-11(10)15(14)17-16;10-8-5-6-3-1-2-4-7(6)9(11)12-8;9-5-7-3-1-2-4-8(7)6-10;1-7-4-2-3-5-8(7)6-9;2*1-6-4-2-3-5-7(6)8;8*1-2;;1-2-3/h4*1-8H,9H2,(H,17,18);1-4H,5H2;1-4H,5H2;2-5H,1H3;2*2-5H,1H3;8*1-2H3;1H4;3H. The Hall–Kier alpha value is -13.5. The number of hydrogen-bond acceptors (Lipinski definition) is 11. The van der Waals surface area contributed by atoms with Crippen LogP contribution in [0.2, 0.25) is 0 Å². The van der Waals surface area contributed by atoms with E-state index in [1.165, 1.54) is 64.6 Å². The van der Waals surface area contributed by atoms with Crippen LogP contribution in [0.5, 0.6) is 0 Å². The number of alkyl halides is 1. The van der Waals surface area contributed by atoms with E-state index in [1.807, 2.05) is 348 Å². The first-order valence-electron chi connectivity index (χ1n) is 47.1. The summed E-state index contributed by atoms with van der Waals surface area (Å²) in [5.74, 6) is -1.01. The third-order valence-electron chi connectivity index (χ3n) is 21.2. The molecule has 4 aromatic heterocycles. The Balaban J connectivity index is 0.000000323. The van der Waals surface area contributed by atoms with Crippen LogP contribution >= 0.6 is 60.6 Å². The zero-order chi connectivity index (χ0) is 102. The summed E-state index contributed by atoms with van der Waals surface area (Å²) in [7, 11) is 4.34. The topological polar surface area (TPSA) is 235 Å². The first-order valence-corrected chi connectivity index (χ1v) is 50.2. The maximum atomic E-state index is 12.1. The Morgan fingerprint density at radius 2 is 0.525 bits per heavy atom. The monoisotopic (exact) mass is 2060 g/mol. The molecule has 4 aliphatic carbocycles. The molecule has 0 bridgehead atoms. The van der Waals surface area contributed by atoms with Crippen molar-refractivity contribution in [3.05, 3.63) is 455 Å². The molecule has 1 aliphatic heterocycles. The summed E-state index contributed by atoms with van der Waals surface area (Å²) in [6.07, 6.45) is 3.82. The first-order chi connectivity index (χ1) is 67.4. The third-order valence-corrected chi connectivity index (χ3v) is 23.6. The van der Waals surface area contributed by atoms with Crippen molar-refractivity contribution < 1.29 is 14.3 Å². The van der Waals surface area contributed by atoms with Gasteiger partial charge in [-0.3, -0.25) is 24.0 Å². The fourth-order valence-electron chi connectivity index (χ4n) is 15.2. The zero-order valence-corrected chi connectivity index (χ0v) is 88.3. The second-order valence-corrected chi connectivity index (χ2v) is 31.3. The van der Waals surface area contributed by atoms with Gasteiger partial charge in [0, 0.05) is 83.8 Å². The number of hydrogen-bond donors (Lipinski definition) is 5. The van der Waals surface area contributed by atoms with Crippen LogP contribution in [-0.4, -0.2) is 39.5 Å². The van der Waals surface area contributed by atoms with Crippen molar-refractivity contribution >= 4 is 123 Å². The van der Waals surface area contributed by atoms with E-state index < -0.39 is 11.9 Å². The van der Waals surface area contributed by atoms with Crippen LogP contribution in [0.15, 0.2) is 348 Å². The van der Waals surface area contributed by atoms with Gasteiger partial charge in [0.15, 0.2) is 0 Å². The van der Waals surface area contributed by atoms with Gasteiger partial charge in [0.2, 0.25) is 0 Å². The van der Waals surface area contributed by atoms with Crippen LogP contribution in [0.1, 0.15) is 212 Å². The Bertz CT molecular complexity index is 6520. The molecule has 0 amide bonds. The molecule has 0 fully saturated rings. The number of benzene rings is 13. The molecule has 139 heavy (non-hydrogen) atoms. The van der Waals surface area contributed by atoms with E-state index >= 15 is 0 Å². The number of ether oxygens (including phenoxy) is 1. The number of thiol groups is 1. The van der Waals surface area contributed by atoms with Gasteiger partial charge in [-0.25, -0.2) is 4.79 Å². The summed E-state index contributed by atoms with van der Waals surface area (Å²) in [5.41, 5.74) is 26.2. The van der Waals surface area contributed by atoms with Gasteiger partial charge in [-0.2, -0.15) is 10.5 Å². The number of carbonyl (C=O) groups excluding carboxylic acids is 2. The van der Waals surface area contributed by atoms with Crippen LogP contribution in [0.3, 0.4) is 0 Å². The molecular weight excluding hydrogens is 1930 g/mol. The minimum absolute atomic E-state index is 0. The molecule has 0 atom stereocenters. The van der Waals surface area contributed by atoms with Crippen molar-refractivity contribution in [2.24, 2.45) is 4.30 Å². The summed E-state index contributed by atoms with van der Waals surface area (Å²) in [6, 6.07) is 107. The SMILES string of the molecule is C.CC.CC.CC.CC.CC.CC.CC.CC.Cc1ccccc1Br.Cc1ccccc1Br.Cc1ccccc1C#N.N#Cc1ccccc1CBr.O=C1Cc2ccccc2C(=O)O1.O=c1[nH]c2c(c3ccccc13)Cc1ccccc1-2.O=c1[nH]c2c(c3ccccc13)Cc1ccccc1-2.O=c1[nH]c2c(c3ccccc13)Cc1ccccc1-2.O=c1[nH]c2c(c3ccccc13)Cc1ccccc1-2.[B]=NS. The minimum atomic E-state index is -0.540. The number of esters is 2. The fraction of sp³-hybridized carbons (Fsp3) is 0.217. The summed E-state index contributed by atoms with van der Waals surface area (Å²) in [6.45, 7) is 38.1. The number of H-pyrrole nitrogens is 4. The number of fused-ring (bicyclic) bond motifs is 21. The summed E-state index contributed by atoms with van der Waals surface area (Å²) >= 11 is 13.3. The number of nitrogens with zero attached hydrogens (tertiary/aromatic N) is 3. The van der Waals surface area contributed by atoms with Crippen LogP contribution in [0.25, 0.3) is 88.1 Å². The van der Waals surface area contributed by atoms with Gasteiger partial charge < -0.3 is 24.7 Å². The van der Waals surface area contributed by atoms with Crippen molar-refractivity contribution in [1.82, 2.24) is 19.9 Å². The first kappa shape index (κ1) is 118. The number of rotatable bonds is 1. The Morgan fingerprint density at radius 1 is 0.309 bits per heavy atom. The molecule has 1 radical (unpaired) electrons. The van der Waals surface area contributed by atoms with Crippen LogP contribution in [0, 0.1) is 43.4 Å². The second-order valence-electron chi connectivity index (χ2n) is 28.8. The number of nitrogens with one attached hydrogen (secondary N) is 4. The molecule has 0 unspecified atom stereocenters. The molecule has 0 spiro atoms. The normalized spacial score (nSPS) is 10.4. The van der Waals surface area contributed by atoms with Gasteiger partial charge in [-0.15, -0.1) is 0 Å². The van der Waals surface area contributed by atoms with Crippen LogP contribution in [-0.2, 0) is 47.0 Å². The molecule has 0 saturated carbocycles. The van der Waals surface area contributed by atoms with Crippen LogP contribution < -0.4 is 22.2 Å². The number of nitriles is 2. The van der Waals surface area contributed by atoms with Crippen LogP contribution in [0.4, 0.5) is 0 Å². The predicted octanol–water partition coefficient (Wildman–Crippen LogP) is 32.2. The molecule has 0 saturated heterocycles. The van der Waals surface area contributed by atoms with Gasteiger partial charge in [-0.1, -0.05) is 427 Å². The molecule has 13 aromatic carbocycles. The summed E-state index contributed by atoms with van der Waals surface area (Å²) in [5, 5.41) is 25.2. The quantitative estimate of drug-likeness (QED) is 0.0345. The van der Waals surface area contributed by atoms with Gasteiger partial charge in [0.05, 0.1) is 58.0 Å². The van der Waals surface area contributed by atoms with E-state index in [0.29, 0.717) is 5.56 Å². The maximum absolute atomic E-state index is 12.1. The van der Waals surface area contributed by atoms with Crippen molar-refractivity contribution in [3.63, 3.8) is 0 Å².